The Balaban J connectivity index is 1.66. The summed E-state index contributed by atoms with van der Waals surface area (Å²) in [5.41, 5.74) is 0.692. The molecule has 0 saturated heterocycles. The van der Waals surface area contributed by atoms with Gasteiger partial charge in [0.25, 0.3) is 5.95 Å². The molecule has 2 heterocycles. The summed E-state index contributed by atoms with van der Waals surface area (Å²) in [4.78, 5) is 22.1. The van der Waals surface area contributed by atoms with Crippen LogP contribution in [-0.2, 0) is 10.2 Å². The Bertz CT molecular complexity index is 949. The van der Waals surface area contributed by atoms with Crippen LogP contribution < -0.4 is 10.1 Å². The second-order valence-electron chi connectivity index (χ2n) is 7.45. The first-order valence-corrected chi connectivity index (χ1v) is 10.3. The largest absolute Gasteiger partial charge is 0.497 e. The van der Waals surface area contributed by atoms with Gasteiger partial charge >= 0.3 is 0 Å². The van der Waals surface area contributed by atoms with E-state index in [-0.39, 0.29) is 11.3 Å². The predicted molar refractivity (Wildman–Crippen MR) is 115 cm³/mol. The number of nitrogens with one attached hydrogen (secondary N) is 1. The second kappa shape index (κ2) is 9.09. The molecule has 7 nitrogen and oxygen atoms in total. The fourth-order valence-electron chi connectivity index (χ4n) is 2.53. The lowest BCUT2D eigenvalue weighted by molar-refractivity contribution is -0.115. The third kappa shape index (κ3) is 5.57. The number of amides is 1. The van der Waals surface area contributed by atoms with Crippen LogP contribution in [0.2, 0.25) is 0 Å². The minimum atomic E-state index is -0.163. The Morgan fingerprint density at radius 3 is 2.48 bits per heavy atom. The van der Waals surface area contributed by atoms with E-state index in [9.17, 15) is 4.79 Å². The zero-order chi connectivity index (χ0) is 20.9. The van der Waals surface area contributed by atoms with Gasteiger partial charge in [0.2, 0.25) is 5.91 Å². The number of hydrogen-bond acceptors (Lipinski definition) is 6. The smallest absolute Gasteiger partial charge is 0.252 e. The Kier molecular flexibility index (Phi) is 6.53. The molecule has 3 rings (SSSR count). The van der Waals surface area contributed by atoms with Crippen LogP contribution in [0.15, 0.2) is 53.7 Å². The fourth-order valence-corrected chi connectivity index (χ4v) is 3.38. The van der Waals surface area contributed by atoms with E-state index in [2.05, 4.69) is 41.2 Å². The molecule has 1 N–H and O–H groups in total. The molecule has 0 fully saturated rings. The van der Waals surface area contributed by atoms with Crippen LogP contribution in [0, 0.1) is 0 Å². The maximum atomic E-state index is 12.5. The van der Waals surface area contributed by atoms with Gasteiger partial charge in [-0.1, -0.05) is 20.8 Å². The third-order valence-electron chi connectivity index (χ3n) is 4.14. The summed E-state index contributed by atoms with van der Waals surface area (Å²) in [6, 6.07) is 11.4. The minimum absolute atomic E-state index is 0.0800. The van der Waals surface area contributed by atoms with Crippen molar-refractivity contribution in [3.63, 3.8) is 0 Å². The van der Waals surface area contributed by atoms with Crippen molar-refractivity contribution in [2.45, 2.75) is 37.5 Å². The van der Waals surface area contributed by atoms with Gasteiger partial charge in [0.15, 0.2) is 0 Å². The number of anilines is 1. The molecule has 0 unspecified atom stereocenters. The molecule has 152 valence electrons. The molecule has 0 atom stereocenters. The molecule has 2 aromatic heterocycles. The summed E-state index contributed by atoms with van der Waals surface area (Å²) in [6.45, 7) is 6.22. The molecule has 0 radical (unpaired) electrons. The average molecular weight is 412 g/mol. The van der Waals surface area contributed by atoms with E-state index in [1.807, 2.05) is 30.3 Å². The molecule has 29 heavy (non-hydrogen) atoms. The van der Waals surface area contributed by atoms with Crippen molar-refractivity contribution in [1.82, 2.24) is 19.7 Å². The van der Waals surface area contributed by atoms with Gasteiger partial charge in [0.05, 0.1) is 12.8 Å². The number of carbonyl (C=O) groups is 1. The zero-order valence-electron chi connectivity index (χ0n) is 17.0. The minimum Gasteiger partial charge on any atom is -0.497 e. The second-order valence-corrected chi connectivity index (χ2v) is 8.62. The van der Waals surface area contributed by atoms with Gasteiger partial charge in [-0.05, 0) is 30.3 Å². The molecule has 0 aliphatic rings. The van der Waals surface area contributed by atoms with Gasteiger partial charge in [-0.2, -0.15) is 9.78 Å². The molecular formula is C21H25N5O2S. The highest BCUT2D eigenvalue weighted by Crippen LogP contribution is 2.26. The van der Waals surface area contributed by atoms with E-state index < -0.39 is 0 Å². The van der Waals surface area contributed by atoms with Gasteiger partial charge in [-0.15, -0.1) is 11.8 Å². The Morgan fingerprint density at radius 2 is 1.86 bits per heavy atom. The van der Waals surface area contributed by atoms with Gasteiger partial charge < -0.3 is 10.1 Å². The van der Waals surface area contributed by atoms with Crippen LogP contribution in [0.25, 0.3) is 5.95 Å². The van der Waals surface area contributed by atoms with Crippen molar-refractivity contribution in [3.05, 3.63) is 54.5 Å². The van der Waals surface area contributed by atoms with E-state index >= 15 is 0 Å². The van der Waals surface area contributed by atoms with Crippen molar-refractivity contribution in [3.8, 4) is 11.7 Å². The monoisotopic (exact) mass is 411 g/mol. The highest BCUT2D eigenvalue weighted by molar-refractivity contribution is 7.99. The maximum absolute atomic E-state index is 12.5. The summed E-state index contributed by atoms with van der Waals surface area (Å²) in [5, 5.41) is 7.56. The predicted octanol–water partition coefficient (Wildman–Crippen LogP) is 4.09. The zero-order valence-corrected chi connectivity index (χ0v) is 17.9. The molecule has 8 heteroatoms. The summed E-state index contributed by atoms with van der Waals surface area (Å²) in [5.74, 6) is 2.40. The number of nitrogens with zero attached hydrogens (tertiary/aromatic N) is 4. The number of aromatic nitrogens is 4. The number of methoxy groups -OCH3 is 1. The first kappa shape index (κ1) is 20.9. The maximum Gasteiger partial charge on any atom is 0.252 e. The van der Waals surface area contributed by atoms with Crippen molar-refractivity contribution in [1.29, 1.82) is 0 Å². The fraction of sp³-hybridized carbons (Fsp3) is 0.333. The Hall–Kier alpha value is -2.87. The van der Waals surface area contributed by atoms with E-state index in [4.69, 9.17) is 4.74 Å². The van der Waals surface area contributed by atoms with Crippen LogP contribution in [0.3, 0.4) is 0 Å². The lowest BCUT2D eigenvalue weighted by Crippen LogP contribution is -2.16. The lowest BCUT2D eigenvalue weighted by Gasteiger charge is -2.13. The number of carbonyl (C=O) groups excluding carboxylic acids is 1. The summed E-state index contributed by atoms with van der Waals surface area (Å²) in [7, 11) is 1.64. The van der Waals surface area contributed by atoms with Crippen molar-refractivity contribution < 1.29 is 9.53 Å². The number of ether oxygens (including phenoxy) is 1. The first-order chi connectivity index (χ1) is 13.9. The van der Waals surface area contributed by atoms with E-state index in [1.165, 1.54) is 0 Å². The standard InChI is InChI=1S/C21H25N5O2S/c1-21(2,3)17-14-18(26(25-17)20-22-11-5-12-23-20)24-19(27)10-13-29-16-8-6-15(28-4)7-9-16/h5-9,11-12,14H,10,13H2,1-4H3,(H,24,27). The first-order valence-electron chi connectivity index (χ1n) is 9.31. The van der Waals surface area contributed by atoms with Crippen LogP contribution in [0.4, 0.5) is 5.82 Å². The molecule has 0 saturated carbocycles. The van der Waals surface area contributed by atoms with E-state index in [0.717, 1.165) is 16.3 Å². The highest BCUT2D eigenvalue weighted by atomic mass is 32.2. The summed E-state index contributed by atoms with van der Waals surface area (Å²) < 4.78 is 6.74. The third-order valence-corrected chi connectivity index (χ3v) is 5.16. The highest BCUT2D eigenvalue weighted by Gasteiger charge is 2.22. The number of thioether (sulfide) groups is 1. The van der Waals surface area contributed by atoms with Crippen LogP contribution in [-0.4, -0.2) is 38.5 Å². The molecule has 0 bridgehead atoms. The number of benzene rings is 1. The van der Waals surface area contributed by atoms with Gasteiger partial charge in [0, 0.05) is 40.9 Å². The SMILES string of the molecule is COc1ccc(SCCC(=O)Nc2cc(C(C)(C)C)nn2-c2ncccn2)cc1. The van der Waals surface area contributed by atoms with Crippen molar-refractivity contribution in [2.24, 2.45) is 0 Å². The van der Waals surface area contributed by atoms with E-state index in [0.29, 0.717) is 23.9 Å². The van der Waals surface area contributed by atoms with E-state index in [1.54, 1.807) is 42.0 Å². The number of hydrogen-bond donors (Lipinski definition) is 1. The quantitative estimate of drug-likeness (QED) is 0.590. The normalized spacial score (nSPS) is 11.3. The van der Waals surface area contributed by atoms with Gasteiger partial charge in [0.1, 0.15) is 11.6 Å². The van der Waals surface area contributed by atoms with Gasteiger partial charge in [-0.3, -0.25) is 4.79 Å². The molecule has 0 aliphatic carbocycles. The topological polar surface area (TPSA) is 81.9 Å². The van der Waals surface area contributed by atoms with Crippen LogP contribution >= 0.6 is 11.8 Å². The van der Waals surface area contributed by atoms with Crippen LogP contribution in [0.5, 0.6) is 5.75 Å². The molecule has 3 aromatic rings. The molecule has 0 aliphatic heterocycles. The number of rotatable bonds is 7. The molecule has 1 aromatic carbocycles. The average Bonchev–Trinajstić information content (AvgIpc) is 3.13. The van der Waals surface area contributed by atoms with Crippen LogP contribution in [0.1, 0.15) is 32.9 Å². The molecular weight excluding hydrogens is 386 g/mol. The lowest BCUT2D eigenvalue weighted by atomic mass is 9.92. The Morgan fingerprint density at radius 1 is 1.17 bits per heavy atom. The van der Waals surface area contributed by atoms with Crippen molar-refractivity contribution >= 4 is 23.5 Å². The molecule has 1 amide bonds. The van der Waals surface area contributed by atoms with Gasteiger partial charge in [-0.25, -0.2) is 9.97 Å². The summed E-state index contributed by atoms with van der Waals surface area (Å²) in [6.07, 6.45) is 3.68. The van der Waals surface area contributed by atoms with Crippen molar-refractivity contribution in [2.75, 3.05) is 18.2 Å². The molecule has 0 spiro atoms. The summed E-state index contributed by atoms with van der Waals surface area (Å²) >= 11 is 1.63. The Labute approximate surface area is 174 Å².